The standard InChI is InChI=1S/C8H7N3/c1-6-3-2-4-7-8(6)9-5-10-11-7/h2-5H,1H3. The van der Waals surface area contributed by atoms with Crippen molar-refractivity contribution in [2.75, 3.05) is 0 Å². The first kappa shape index (κ1) is 6.22. The molecule has 3 nitrogen and oxygen atoms in total. The molecule has 0 unspecified atom stereocenters. The molecule has 0 spiro atoms. The Bertz CT molecular complexity index is 378. The van der Waals surface area contributed by atoms with Gasteiger partial charge in [0.25, 0.3) is 0 Å². The van der Waals surface area contributed by atoms with Crippen molar-refractivity contribution >= 4 is 11.0 Å². The van der Waals surface area contributed by atoms with Gasteiger partial charge in [0.05, 0.1) is 5.52 Å². The summed E-state index contributed by atoms with van der Waals surface area (Å²) in [6.45, 7) is 2.01. The summed E-state index contributed by atoms with van der Waals surface area (Å²) in [6.07, 6.45) is 1.47. The molecule has 54 valence electrons. The number of fused-ring (bicyclic) bond motifs is 1. The van der Waals surface area contributed by atoms with Gasteiger partial charge in [0, 0.05) is 0 Å². The number of aromatic nitrogens is 3. The zero-order valence-corrected chi connectivity index (χ0v) is 6.15. The lowest BCUT2D eigenvalue weighted by Crippen LogP contribution is -1.87. The lowest BCUT2D eigenvalue weighted by atomic mass is 10.2. The maximum atomic E-state index is 4.11. The molecule has 0 aliphatic rings. The van der Waals surface area contributed by atoms with Gasteiger partial charge < -0.3 is 0 Å². The molecule has 2 rings (SSSR count). The maximum Gasteiger partial charge on any atom is 0.138 e. The van der Waals surface area contributed by atoms with Crippen LogP contribution in [-0.4, -0.2) is 15.2 Å². The smallest absolute Gasteiger partial charge is 0.138 e. The van der Waals surface area contributed by atoms with Gasteiger partial charge in [0.2, 0.25) is 0 Å². The Morgan fingerprint density at radius 1 is 1.27 bits per heavy atom. The van der Waals surface area contributed by atoms with Gasteiger partial charge in [-0.1, -0.05) is 12.1 Å². The molecular weight excluding hydrogens is 138 g/mol. The largest absolute Gasteiger partial charge is 0.232 e. The van der Waals surface area contributed by atoms with Gasteiger partial charge in [-0.2, -0.15) is 0 Å². The highest BCUT2D eigenvalue weighted by molar-refractivity contribution is 5.76. The van der Waals surface area contributed by atoms with Crippen LogP contribution in [0.4, 0.5) is 0 Å². The molecule has 2 aromatic rings. The minimum atomic E-state index is 0.854. The van der Waals surface area contributed by atoms with Gasteiger partial charge in [-0.3, -0.25) is 0 Å². The lowest BCUT2D eigenvalue weighted by Gasteiger charge is -1.95. The molecule has 0 fully saturated rings. The van der Waals surface area contributed by atoms with Crippen LogP contribution >= 0.6 is 0 Å². The maximum absolute atomic E-state index is 4.11. The average molecular weight is 145 g/mol. The van der Waals surface area contributed by atoms with Gasteiger partial charge in [-0.05, 0) is 18.6 Å². The topological polar surface area (TPSA) is 38.7 Å². The third-order valence-corrected chi connectivity index (χ3v) is 1.62. The molecule has 0 bridgehead atoms. The van der Waals surface area contributed by atoms with E-state index in [4.69, 9.17) is 0 Å². The number of hydrogen-bond acceptors (Lipinski definition) is 3. The number of nitrogens with zero attached hydrogens (tertiary/aromatic N) is 3. The van der Waals surface area contributed by atoms with Gasteiger partial charge in [-0.25, -0.2) is 4.98 Å². The molecule has 1 aromatic heterocycles. The Morgan fingerprint density at radius 2 is 2.18 bits per heavy atom. The van der Waals surface area contributed by atoms with Crippen molar-refractivity contribution in [2.45, 2.75) is 6.92 Å². The van der Waals surface area contributed by atoms with Crippen LogP contribution < -0.4 is 0 Å². The van der Waals surface area contributed by atoms with Crippen molar-refractivity contribution in [1.29, 1.82) is 0 Å². The van der Waals surface area contributed by atoms with Gasteiger partial charge >= 0.3 is 0 Å². The molecule has 0 saturated heterocycles. The van der Waals surface area contributed by atoms with Crippen LogP contribution in [0.3, 0.4) is 0 Å². The zero-order valence-electron chi connectivity index (χ0n) is 6.15. The van der Waals surface area contributed by atoms with E-state index in [0.717, 1.165) is 16.6 Å². The molecule has 0 N–H and O–H groups in total. The minimum absolute atomic E-state index is 0.854. The second-order valence-electron chi connectivity index (χ2n) is 2.40. The normalized spacial score (nSPS) is 10.3. The molecule has 11 heavy (non-hydrogen) atoms. The van der Waals surface area contributed by atoms with E-state index in [1.807, 2.05) is 25.1 Å². The fourth-order valence-corrected chi connectivity index (χ4v) is 1.06. The fraction of sp³-hybridized carbons (Fsp3) is 0.125. The molecule has 0 aliphatic heterocycles. The van der Waals surface area contributed by atoms with E-state index in [-0.39, 0.29) is 0 Å². The SMILES string of the molecule is Cc1cccc2nncnc12. The number of para-hydroxylation sites is 1. The van der Waals surface area contributed by atoms with E-state index in [1.165, 1.54) is 6.33 Å². The van der Waals surface area contributed by atoms with Crippen LogP contribution in [0.15, 0.2) is 24.5 Å². The third kappa shape index (κ3) is 0.941. The highest BCUT2D eigenvalue weighted by Crippen LogP contribution is 2.10. The number of hydrogen-bond donors (Lipinski definition) is 0. The van der Waals surface area contributed by atoms with E-state index in [0.29, 0.717) is 0 Å². The summed E-state index contributed by atoms with van der Waals surface area (Å²) in [6, 6.07) is 5.87. The number of aryl methyl sites for hydroxylation is 1. The molecule has 0 aliphatic carbocycles. The Hall–Kier alpha value is -1.51. The summed E-state index contributed by atoms with van der Waals surface area (Å²) < 4.78 is 0. The molecule has 0 saturated carbocycles. The molecule has 0 atom stereocenters. The molecule has 3 heteroatoms. The molecule has 1 heterocycles. The Balaban J connectivity index is 2.91. The first-order valence-electron chi connectivity index (χ1n) is 3.41. The van der Waals surface area contributed by atoms with Crippen LogP contribution in [0.25, 0.3) is 11.0 Å². The molecule has 1 aromatic carbocycles. The van der Waals surface area contributed by atoms with Crippen molar-refractivity contribution < 1.29 is 0 Å². The molecule has 0 amide bonds. The Kier molecular flexibility index (Phi) is 1.28. The summed E-state index contributed by atoms with van der Waals surface area (Å²) in [4.78, 5) is 4.11. The average Bonchev–Trinajstić information content (AvgIpc) is 2.06. The highest BCUT2D eigenvalue weighted by Gasteiger charge is 1.96. The van der Waals surface area contributed by atoms with Gasteiger partial charge in [-0.15, -0.1) is 10.2 Å². The van der Waals surface area contributed by atoms with Crippen molar-refractivity contribution in [3.63, 3.8) is 0 Å². The fourth-order valence-electron chi connectivity index (χ4n) is 1.06. The second-order valence-corrected chi connectivity index (χ2v) is 2.40. The zero-order chi connectivity index (χ0) is 7.68. The summed E-state index contributed by atoms with van der Waals surface area (Å²) >= 11 is 0. The van der Waals surface area contributed by atoms with E-state index in [9.17, 15) is 0 Å². The van der Waals surface area contributed by atoms with Crippen molar-refractivity contribution in [2.24, 2.45) is 0 Å². The first-order chi connectivity index (χ1) is 5.38. The minimum Gasteiger partial charge on any atom is -0.232 e. The highest BCUT2D eigenvalue weighted by atomic mass is 15.1. The van der Waals surface area contributed by atoms with Crippen LogP contribution in [-0.2, 0) is 0 Å². The van der Waals surface area contributed by atoms with E-state index in [2.05, 4.69) is 15.2 Å². The van der Waals surface area contributed by atoms with Crippen LogP contribution in [0.5, 0.6) is 0 Å². The monoisotopic (exact) mass is 145 g/mol. The van der Waals surface area contributed by atoms with Crippen LogP contribution in [0.2, 0.25) is 0 Å². The van der Waals surface area contributed by atoms with Crippen molar-refractivity contribution in [3.8, 4) is 0 Å². The number of rotatable bonds is 0. The molecular formula is C8H7N3. The van der Waals surface area contributed by atoms with Crippen LogP contribution in [0, 0.1) is 6.92 Å². The third-order valence-electron chi connectivity index (χ3n) is 1.62. The second kappa shape index (κ2) is 2.27. The Labute approximate surface area is 64.1 Å². The summed E-state index contributed by atoms with van der Waals surface area (Å²) in [5, 5.41) is 7.62. The van der Waals surface area contributed by atoms with E-state index >= 15 is 0 Å². The van der Waals surface area contributed by atoms with Gasteiger partial charge in [0.1, 0.15) is 11.8 Å². The summed E-state index contributed by atoms with van der Waals surface area (Å²) in [7, 11) is 0. The summed E-state index contributed by atoms with van der Waals surface area (Å²) in [5.74, 6) is 0. The lowest BCUT2D eigenvalue weighted by molar-refractivity contribution is 1.02. The van der Waals surface area contributed by atoms with E-state index < -0.39 is 0 Å². The predicted octanol–water partition coefficient (Wildman–Crippen LogP) is 1.33. The molecule has 0 radical (unpaired) electrons. The predicted molar refractivity (Wildman–Crippen MR) is 42.1 cm³/mol. The van der Waals surface area contributed by atoms with Crippen LogP contribution in [0.1, 0.15) is 5.56 Å². The number of benzene rings is 1. The van der Waals surface area contributed by atoms with Crippen molar-refractivity contribution in [3.05, 3.63) is 30.1 Å². The first-order valence-corrected chi connectivity index (χ1v) is 3.41. The quantitative estimate of drug-likeness (QED) is 0.561. The Morgan fingerprint density at radius 3 is 3.00 bits per heavy atom. The van der Waals surface area contributed by atoms with Crippen molar-refractivity contribution in [1.82, 2.24) is 15.2 Å². The van der Waals surface area contributed by atoms with Gasteiger partial charge in [0.15, 0.2) is 0 Å². The van der Waals surface area contributed by atoms with E-state index in [1.54, 1.807) is 0 Å². The summed E-state index contributed by atoms with van der Waals surface area (Å²) in [5.41, 5.74) is 2.92.